The van der Waals surface area contributed by atoms with Crippen molar-refractivity contribution in [3.8, 4) is 0 Å². The van der Waals surface area contributed by atoms with Crippen LogP contribution in [0.2, 0.25) is 0 Å². The highest BCUT2D eigenvalue weighted by atomic mass is 32.2. The van der Waals surface area contributed by atoms with E-state index in [0.29, 0.717) is 19.3 Å². The molecule has 0 aromatic carbocycles. The Kier molecular flexibility index (Phi) is 7.27. The van der Waals surface area contributed by atoms with Crippen LogP contribution in [0.15, 0.2) is 0 Å². The van der Waals surface area contributed by atoms with E-state index in [1.807, 2.05) is 13.8 Å². The summed E-state index contributed by atoms with van der Waals surface area (Å²) in [4.78, 5) is 23.0. The quantitative estimate of drug-likeness (QED) is 0.663. The Balaban J connectivity index is 4.89. The number of hydrogen-bond acceptors (Lipinski definition) is 3. The van der Waals surface area contributed by atoms with Gasteiger partial charge in [-0.15, -0.1) is 11.8 Å². The first kappa shape index (κ1) is 16.3. The highest BCUT2D eigenvalue weighted by Gasteiger charge is 2.38. The molecule has 0 aliphatic rings. The number of carbonyl (C=O) groups excluding carboxylic acids is 2. The van der Waals surface area contributed by atoms with Crippen LogP contribution in [0.25, 0.3) is 0 Å². The summed E-state index contributed by atoms with van der Waals surface area (Å²) in [5.74, 6) is -0.703. The van der Waals surface area contributed by atoms with Gasteiger partial charge in [-0.1, -0.05) is 33.6 Å². The predicted molar refractivity (Wildman–Crippen MR) is 72.6 cm³/mol. The summed E-state index contributed by atoms with van der Waals surface area (Å²) in [5.41, 5.74) is 10.8. The molecule has 0 saturated carbocycles. The van der Waals surface area contributed by atoms with E-state index in [0.717, 1.165) is 12.8 Å². The van der Waals surface area contributed by atoms with Crippen LogP contribution in [0.3, 0.4) is 0 Å². The Bertz CT molecular complexity index is 271. The van der Waals surface area contributed by atoms with Crippen molar-refractivity contribution >= 4 is 23.6 Å². The molecule has 0 heterocycles. The van der Waals surface area contributed by atoms with Crippen LogP contribution in [0, 0.1) is 0 Å². The number of unbranched alkanes of at least 4 members (excludes halogenated alkanes) is 1. The molecule has 2 amide bonds. The van der Waals surface area contributed by atoms with Crippen LogP contribution in [-0.2, 0) is 9.59 Å². The van der Waals surface area contributed by atoms with Gasteiger partial charge in [0.15, 0.2) is 0 Å². The molecular formula is C12H24N2O2S. The van der Waals surface area contributed by atoms with E-state index in [1.54, 1.807) is 0 Å². The molecule has 0 aromatic rings. The van der Waals surface area contributed by atoms with Crippen molar-refractivity contribution in [2.45, 2.75) is 62.9 Å². The number of hydrogen-bond donors (Lipinski definition) is 2. The Hall–Kier alpha value is -0.710. The lowest BCUT2D eigenvalue weighted by Gasteiger charge is -2.31. The molecule has 0 rings (SSSR count). The van der Waals surface area contributed by atoms with Crippen molar-refractivity contribution in [2.24, 2.45) is 11.5 Å². The van der Waals surface area contributed by atoms with Gasteiger partial charge in [0.05, 0.1) is 10.00 Å². The second-order valence-corrected chi connectivity index (χ2v) is 5.82. The highest BCUT2D eigenvalue weighted by Crippen LogP contribution is 2.38. The zero-order chi connectivity index (χ0) is 13.5. The molecule has 0 unspecified atom stereocenters. The molecular weight excluding hydrogens is 236 g/mol. The summed E-state index contributed by atoms with van der Waals surface area (Å²) in [6, 6.07) is 0. The number of primary amides is 2. The Morgan fingerprint density at radius 2 is 1.82 bits per heavy atom. The number of nitrogens with two attached hydrogens (primary N) is 2. The maximum absolute atomic E-state index is 11.7. The third-order valence-corrected chi connectivity index (χ3v) is 5.01. The van der Waals surface area contributed by atoms with Crippen molar-refractivity contribution in [3.05, 3.63) is 0 Å². The fraction of sp³-hybridized carbons (Fsp3) is 0.833. The molecule has 4 N–H and O–H groups in total. The van der Waals surface area contributed by atoms with Gasteiger partial charge in [-0.3, -0.25) is 9.59 Å². The van der Waals surface area contributed by atoms with Gasteiger partial charge in [-0.2, -0.15) is 0 Å². The molecule has 0 spiro atoms. The van der Waals surface area contributed by atoms with E-state index in [1.165, 1.54) is 11.8 Å². The lowest BCUT2D eigenvalue weighted by atomic mass is 9.97. The molecule has 4 nitrogen and oxygen atoms in total. The number of carbonyl (C=O) groups is 2. The van der Waals surface area contributed by atoms with E-state index in [-0.39, 0.29) is 17.1 Å². The van der Waals surface area contributed by atoms with Crippen LogP contribution in [0.1, 0.15) is 52.9 Å². The molecule has 0 aliphatic carbocycles. The van der Waals surface area contributed by atoms with Gasteiger partial charge >= 0.3 is 0 Å². The second kappa shape index (κ2) is 7.58. The molecule has 5 heteroatoms. The van der Waals surface area contributed by atoms with E-state index >= 15 is 0 Å². The third-order valence-electron chi connectivity index (χ3n) is 3.01. The minimum atomic E-state index is -0.647. The first-order valence-corrected chi connectivity index (χ1v) is 7.08. The summed E-state index contributed by atoms with van der Waals surface area (Å²) < 4.78 is -0.647. The van der Waals surface area contributed by atoms with E-state index in [9.17, 15) is 9.59 Å². The molecule has 0 bridgehead atoms. The van der Waals surface area contributed by atoms with E-state index < -0.39 is 4.75 Å². The molecule has 0 fully saturated rings. The zero-order valence-corrected chi connectivity index (χ0v) is 11.8. The number of thioether (sulfide) groups is 1. The predicted octanol–water partition coefficient (Wildman–Crippen LogP) is 1.81. The van der Waals surface area contributed by atoms with Crippen LogP contribution in [0.4, 0.5) is 0 Å². The standard InChI is InChI=1S/C12H24N2O2S/c1-4-7-8-12(6-3,11(14)16)17-9(5-2)10(13)15/h9H,4-8H2,1-3H3,(H2,13,15)(H2,14,16)/t9-,12-/m1/s1. The van der Waals surface area contributed by atoms with Crippen LogP contribution in [-0.4, -0.2) is 21.8 Å². The van der Waals surface area contributed by atoms with Crippen molar-refractivity contribution in [1.82, 2.24) is 0 Å². The first-order valence-electron chi connectivity index (χ1n) is 6.20. The number of amides is 2. The van der Waals surface area contributed by atoms with Crippen LogP contribution in [0.5, 0.6) is 0 Å². The second-order valence-electron chi connectivity index (χ2n) is 4.23. The summed E-state index contributed by atoms with van der Waals surface area (Å²) >= 11 is 1.34. The van der Waals surface area contributed by atoms with E-state index in [4.69, 9.17) is 11.5 Å². The Labute approximate surface area is 108 Å². The zero-order valence-electron chi connectivity index (χ0n) is 11.0. The fourth-order valence-electron chi connectivity index (χ4n) is 1.75. The molecule has 17 heavy (non-hydrogen) atoms. The smallest absolute Gasteiger partial charge is 0.233 e. The van der Waals surface area contributed by atoms with E-state index in [2.05, 4.69) is 6.92 Å². The van der Waals surface area contributed by atoms with Gasteiger partial charge in [0, 0.05) is 0 Å². The summed E-state index contributed by atoms with van der Waals surface area (Å²) in [5, 5.41) is -0.334. The summed E-state index contributed by atoms with van der Waals surface area (Å²) in [6.07, 6.45) is 3.91. The van der Waals surface area contributed by atoms with Gasteiger partial charge in [-0.25, -0.2) is 0 Å². The normalized spacial score (nSPS) is 16.2. The monoisotopic (exact) mass is 260 g/mol. The molecule has 0 saturated heterocycles. The molecule has 100 valence electrons. The molecule has 0 radical (unpaired) electrons. The van der Waals surface area contributed by atoms with Gasteiger partial charge < -0.3 is 11.5 Å². The lowest BCUT2D eigenvalue weighted by molar-refractivity contribution is -0.120. The van der Waals surface area contributed by atoms with Crippen LogP contribution < -0.4 is 11.5 Å². The largest absolute Gasteiger partial charge is 0.369 e. The van der Waals surface area contributed by atoms with Crippen molar-refractivity contribution in [2.75, 3.05) is 0 Å². The SMILES string of the molecule is CCCC[C@@](CC)(S[C@H](CC)C(N)=O)C(N)=O. The van der Waals surface area contributed by atoms with Crippen molar-refractivity contribution in [1.29, 1.82) is 0 Å². The van der Waals surface area contributed by atoms with Gasteiger partial charge in [0.2, 0.25) is 11.8 Å². The maximum atomic E-state index is 11.7. The van der Waals surface area contributed by atoms with Gasteiger partial charge in [0.25, 0.3) is 0 Å². The van der Waals surface area contributed by atoms with Crippen molar-refractivity contribution in [3.63, 3.8) is 0 Å². The topological polar surface area (TPSA) is 86.2 Å². The maximum Gasteiger partial charge on any atom is 0.233 e. The lowest BCUT2D eigenvalue weighted by Crippen LogP contribution is -2.43. The van der Waals surface area contributed by atoms with Gasteiger partial charge in [0.1, 0.15) is 0 Å². The summed E-state index contributed by atoms with van der Waals surface area (Å²) in [6.45, 7) is 5.89. The Morgan fingerprint density at radius 1 is 1.24 bits per heavy atom. The third kappa shape index (κ3) is 4.58. The van der Waals surface area contributed by atoms with Gasteiger partial charge in [-0.05, 0) is 19.3 Å². The molecule has 2 atom stereocenters. The minimum absolute atomic E-state index is 0.334. The number of rotatable bonds is 9. The highest BCUT2D eigenvalue weighted by molar-refractivity contribution is 8.02. The fourth-order valence-corrected chi connectivity index (χ4v) is 3.12. The average Bonchev–Trinajstić information content (AvgIpc) is 2.29. The van der Waals surface area contributed by atoms with Crippen molar-refractivity contribution < 1.29 is 9.59 Å². The minimum Gasteiger partial charge on any atom is -0.369 e. The molecule has 0 aromatic heterocycles. The van der Waals surface area contributed by atoms with Crippen LogP contribution >= 0.6 is 11.8 Å². The first-order chi connectivity index (χ1) is 7.93. The average molecular weight is 260 g/mol. The Morgan fingerprint density at radius 3 is 2.12 bits per heavy atom. The molecule has 0 aliphatic heterocycles. The summed E-state index contributed by atoms with van der Waals surface area (Å²) in [7, 11) is 0.